The van der Waals surface area contributed by atoms with Gasteiger partial charge in [-0.1, -0.05) is 24.3 Å². The van der Waals surface area contributed by atoms with Gasteiger partial charge < -0.3 is 9.84 Å². The molecule has 1 aliphatic heterocycles. The number of hydrogen-bond donors (Lipinski definition) is 1. The summed E-state index contributed by atoms with van der Waals surface area (Å²) in [4.78, 5) is 31.5. The fourth-order valence-corrected chi connectivity index (χ4v) is 4.41. The van der Waals surface area contributed by atoms with Crippen LogP contribution < -0.4 is 9.64 Å². The van der Waals surface area contributed by atoms with Crippen molar-refractivity contribution in [3.05, 3.63) is 80.4 Å². The van der Waals surface area contributed by atoms with E-state index in [0.29, 0.717) is 28.6 Å². The number of halogens is 1. The zero-order valence-electron chi connectivity index (χ0n) is 15.9. The number of benzene rings is 2. The van der Waals surface area contributed by atoms with E-state index in [1.165, 1.54) is 16.2 Å². The van der Waals surface area contributed by atoms with Gasteiger partial charge in [-0.15, -0.1) is 11.3 Å². The largest absolute Gasteiger partial charge is 0.507 e. The maximum absolute atomic E-state index is 13.0. The molecule has 1 aromatic heterocycles. The van der Waals surface area contributed by atoms with Crippen LogP contribution in [-0.2, 0) is 9.59 Å². The van der Waals surface area contributed by atoms with E-state index in [-0.39, 0.29) is 11.3 Å². The summed E-state index contributed by atoms with van der Waals surface area (Å²) >= 11 is 3.45. The van der Waals surface area contributed by atoms with Gasteiger partial charge in [0.05, 0.1) is 18.2 Å². The first kappa shape index (κ1) is 20.5. The van der Waals surface area contributed by atoms with E-state index < -0.39 is 17.7 Å². The first-order valence-corrected chi connectivity index (χ1v) is 11.2. The minimum Gasteiger partial charge on any atom is -0.507 e. The second kappa shape index (κ2) is 8.57. The van der Waals surface area contributed by atoms with Crippen LogP contribution in [0.4, 0.5) is 5.13 Å². The maximum atomic E-state index is 13.0. The predicted octanol–water partition coefficient (Wildman–Crippen LogP) is 4.77. The molecule has 0 bridgehead atoms. The molecule has 0 aliphatic carbocycles. The fraction of sp³-hybridized carbons (Fsp3) is 0.136. The number of hydrogen-bond acceptors (Lipinski definition) is 6. The number of carbonyl (C=O) groups is 2. The van der Waals surface area contributed by atoms with Crippen molar-refractivity contribution < 1.29 is 19.4 Å². The Kier molecular flexibility index (Phi) is 5.87. The SMILES string of the molecule is CCOc1cccc(/C(O)=C2\C(=O)C(=O)N(c3nccs3)C2c2ccc(I)cc2)c1. The van der Waals surface area contributed by atoms with Crippen molar-refractivity contribution in [3.63, 3.8) is 0 Å². The summed E-state index contributed by atoms with van der Waals surface area (Å²) in [6, 6.07) is 13.6. The molecule has 152 valence electrons. The number of aliphatic hydroxyl groups is 1. The second-order valence-electron chi connectivity index (χ2n) is 6.50. The standard InChI is InChI=1S/C22H17IN2O4S/c1-2-29-16-5-3-4-14(12-16)19(26)17-18(13-6-8-15(23)9-7-13)25(21(28)20(17)27)22-24-10-11-30-22/h3-12,18,26H,2H2,1H3/b19-17+. The first-order valence-electron chi connectivity index (χ1n) is 9.20. The molecule has 0 radical (unpaired) electrons. The molecule has 1 fully saturated rings. The molecule has 1 saturated heterocycles. The lowest BCUT2D eigenvalue weighted by atomic mass is 9.95. The van der Waals surface area contributed by atoms with Crippen LogP contribution in [0.3, 0.4) is 0 Å². The highest BCUT2D eigenvalue weighted by atomic mass is 127. The average molecular weight is 532 g/mol. The Bertz CT molecular complexity index is 1130. The normalized spacial score (nSPS) is 18.1. The molecule has 2 heterocycles. The van der Waals surface area contributed by atoms with Crippen LogP contribution in [0.25, 0.3) is 5.76 Å². The predicted molar refractivity (Wildman–Crippen MR) is 124 cm³/mol. The van der Waals surface area contributed by atoms with Gasteiger partial charge in [-0.25, -0.2) is 4.98 Å². The van der Waals surface area contributed by atoms with Crippen molar-refractivity contribution in [1.29, 1.82) is 0 Å². The highest BCUT2D eigenvalue weighted by molar-refractivity contribution is 14.1. The second-order valence-corrected chi connectivity index (χ2v) is 8.61. The smallest absolute Gasteiger partial charge is 0.301 e. The van der Waals surface area contributed by atoms with Crippen LogP contribution in [0.1, 0.15) is 24.1 Å². The lowest BCUT2D eigenvalue weighted by molar-refractivity contribution is -0.132. The minimum absolute atomic E-state index is 0.0325. The van der Waals surface area contributed by atoms with Crippen molar-refractivity contribution in [3.8, 4) is 5.75 Å². The molecule has 6 nitrogen and oxygen atoms in total. The van der Waals surface area contributed by atoms with Gasteiger partial charge in [-0.3, -0.25) is 14.5 Å². The number of ether oxygens (including phenoxy) is 1. The van der Waals surface area contributed by atoms with Gasteiger partial charge in [0.25, 0.3) is 5.78 Å². The van der Waals surface area contributed by atoms with Crippen LogP contribution in [-0.4, -0.2) is 28.4 Å². The molecule has 0 spiro atoms. The van der Waals surface area contributed by atoms with E-state index in [1.54, 1.807) is 35.8 Å². The number of nitrogens with zero attached hydrogens (tertiary/aromatic N) is 2. The Morgan fingerprint density at radius 2 is 2.00 bits per heavy atom. The Labute approximate surface area is 191 Å². The van der Waals surface area contributed by atoms with E-state index in [4.69, 9.17) is 4.74 Å². The Balaban J connectivity index is 1.90. The summed E-state index contributed by atoms with van der Waals surface area (Å²) in [7, 11) is 0. The molecule has 1 unspecified atom stereocenters. The van der Waals surface area contributed by atoms with E-state index in [9.17, 15) is 14.7 Å². The minimum atomic E-state index is -0.774. The Morgan fingerprint density at radius 1 is 1.23 bits per heavy atom. The van der Waals surface area contributed by atoms with Crippen molar-refractivity contribution in [2.75, 3.05) is 11.5 Å². The van der Waals surface area contributed by atoms with Gasteiger partial charge in [0.2, 0.25) is 0 Å². The highest BCUT2D eigenvalue weighted by Crippen LogP contribution is 2.42. The average Bonchev–Trinajstić information content (AvgIpc) is 3.36. The highest BCUT2D eigenvalue weighted by Gasteiger charge is 2.47. The van der Waals surface area contributed by atoms with Gasteiger partial charge >= 0.3 is 5.91 Å². The number of Topliss-reactive ketones (excluding diaryl/α,β-unsaturated/α-hetero) is 1. The van der Waals surface area contributed by atoms with Crippen LogP contribution in [0.15, 0.2) is 65.7 Å². The van der Waals surface area contributed by atoms with Gasteiger partial charge in [0.15, 0.2) is 5.13 Å². The molecule has 1 aliphatic rings. The van der Waals surface area contributed by atoms with Crippen LogP contribution >= 0.6 is 33.9 Å². The number of carbonyl (C=O) groups excluding carboxylic acids is 2. The van der Waals surface area contributed by atoms with Gasteiger partial charge in [-0.2, -0.15) is 0 Å². The third-order valence-electron chi connectivity index (χ3n) is 4.67. The van der Waals surface area contributed by atoms with Crippen molar-refractivity contribution in [1.82, 2.24) is 4.98 Å². The van der Waals surface area contributed by atoms with E-state index in [0.717, 1.165) is 3.57 Å². The van der Waals surface area contributed by atoms with E-state index >= 15 is 0 Å². The summed E-state index contributed by atoms with van der Waals surface area (Å²) in [5, 5.41) is 13.3. The molecule has 3 aromatic rings. The van der Waals surface area contributed by atoms with Gasteiger partial charge in [-0.05, 0) is 59.3 Å². The molecular weight excluding hydrogens is 515 g/mol. The van der Waals surface area contributed by atoms with Crippen LogP contribution in [0, 0.1) is 3.57 Å². The number of thiazole rings is 1. The first-order chi connectivity index (χ1) is 14.5. The molecule has 1 atom stereocenters. The molecule has 0 saturated carbocycles. The molecule has 4 rings (SSSR count). The van der Waals surface area contributed by atoms with Crippen molar-refractivity contribution in [2.24, 2.45) is 0 Å². The number of aliphatic hydroxyl groups excluding tert-OH is 1. The van der Waals surface area contributed by atoms with Crippen LogP contribution in [0.5, 0.6) is 5.75 Å². The number of rotatable bonds is 5. The lowest BCUT2D eigenvalue weighted by Crippen LogP contribution is -2.29. The zero-order chi connectivity index (χ0) is 21.3. The van der Waals surface area contributed by atoms with E-state index in [1.807, 2.05) is 31.2 Å². The zero-order valence-corrected chi connectivity index (χ0v) is 18.9. The monoisotopic (exact) mass is 532 g/mol. The molecule has 1 amide bonds. The van der Waals surface area contributed by atoms with E-state index in [2.05, 4.69) is 27.6 Å². The molecule has 30 heavy (non-hydrogen) atoms. The molecular formula is C22H17IN2O4S. The third kappa shape index (κ3) is 3.72. The molecule has 2 aromatic carbocycles. The quantitative estimate of drug-likeness (QED) is 0.222. The lowest BCUT2D eigenvalue weighted by Gasteiger charge is -2.23. The Morgan fingerprint density at radius 3 is 2.67 bits per heavy atom. The molecule has 1 N–H and O–H groups in total. The van der Waals surface area contributed by atoms with Crippen molar-refractivity contribution in [2.45, 2.75) is 13.0 Å². The van der Waals surface area contributed by atoms with Gasteiger partial charge in [0.1, 0.15) is 11.5 Å². The number of anilines is 1. The Hall–Kier alpha value is -2.72. The maximum Gasteiger partial charge on any atom is 0.301 e. The summed E-state index contributed by atoms with van der Waals surface area (Å²) in [5.74, 6) is -1.12. The summed E-state index contributed by atoms with van der Waals surface area (Å²) in [5.41, 5.74) is 1.16. The number of aromatic nitrogens is 1. The number of amides is 1. The van der Waals surface area contributed by atoms with Gasteiger partial charge in [0, 0.05) is 20.7 Å². The topological polar surface area (TPSA) is 79.7 Å². The molecule has 8 heteroatoms. The number of ketones is 1. The third-order valence-corrected chi connectivity index (χ3v) is 6.16. The summed E-state index contributed by atoms with van der Waals surface area (Å²) < 4.78 is 6.53. The van der Waals surface area contributed by atoms with Crippen molar-refractivity contribution >= 4 is 56.5 Å². The van der Waals surface area contributed by atoms with Crippen LogP contribution in [0.2, 0.25) is 0 Å². The summed E-state index contributed by atoms with van der Waals surface area (Å²) in [6.45, 7) is 2.34. The fourth-order valence-electron chi connectivity index (χ4n) is 3.38. The summed E-state index contributed by atoms with van der Waals surface area (Å²) in [6.07, 6.45) is 1.58.